The average Bonchev–Trinajstić information content (AvgIpc) is 2.34. The van der Waals surface area contributed by atoms with E-state index >= 15 is 0 Å². The number of anilines is 3. The van der Waals surface area contributed by atoms with E-state index in [1.807, 2.05) is 31.2 Å². The highest BCUT2D eigenvalue weighted by molar-refractivity contribution is 5.59. The molecule has 0 fully saturated rings. The molecule has 0 saturated heterocycles. The first-order valence-corrected chi connectivity index (χ1v) is 5.78. The Balaban J connectivity index is 2.22. The monoisotopic (exact) mass is 227 g/mol. The van der Waals surface area contributed by atoms with Crippen LogP contribution in [-0.2, 0) is 6.42 Å². The number of nitrogens with zero attached hydrogens (tertiary/aromatic N) is 1. The Morgan fingerprint density at radius 3 is 2.76 bits per heavy atom. The van der Waals surface area contributed by atoms with Crippen LogP contribution in [-0.4, -0.2) is 4.98 Å². The number of hydrogen-bond acceptors (Lipinski definition) is 3. The summed E-state index contributed by atoms with van der Waals surface area (Å²) in [5.74, 6) is 0.824. The third-order valence-corrected chi connectivity index (χ3v) is 2.73. The molecule has 1 heterocycles. The predicted molar refractivity (Wildman–Crippen MR) is 72.5 cm³/mol. The summed E-state index contributed by atoms with van der Waals surface area (Å²) in [5, 5.41) is 3.28. The van der Waals surface area contributed by atoms with Gasteiger partial charge in [-0.05, 0) is 43.2 Å². The summed E-state index contributed by atoms with van der Waals surface area (Å²) in [5.41, 5.74) is 9.67. The van der Waals surface area contributed by atoms with E-state index in [2.05, 4.69) is 29.4 Å². The summed E-state index contributed by atoms with van der Waals surface area (Å²) in [7, 11) is 0. The van der Waals surface area contributed by atoms with Crippen LogP contribution in [0.5, 0.6) is 0 Å². The van der Waals surface area contributed by atoms with Crippen LogP contribution in [0.2, 0.25) is 0 Å². The molecule has 88 valence electrons. The van der Waals surface area contributed by atoms with Crippen molar-refractivity contribution in [2.45, 2.75) is 20.3 Å². The van der Waals surface area contributed by atoms with Crippen LogP contribution in [0.25, 0.3) is 0 Å². The molecule has 0 aliphatic carbocycles. The Kier molecular flexibility index (Phi) is 3.28. The Bertz CT molecular complexity index is 521. The number of aryl methyl sites for hydroxylation is 2. The third-order valence-electron chi connectivity index (χ3n) is 2.73. The van der Waals surface area contributed by atoms with Crippen molar-refractivity contribution in [3.63, 3.8) is 0 Å². The molecule has 1 aromatic heterocycles. The normalized spacial score (nSPS) is 10.2. The maximum atomic E-state index is 5.74. The fourth-order valence-corrected chi connectivity index (χ4v) is 1.66. The molecule has 0 aliphatic heterocycles. The molecule has 0 amide bonds. The van der Waals surface area contributed by atoms with Gasteiger partial charge in [0.05, 0.1) is 11.4 Å². The maximum absolute atomic E-state index is 5.74. The molecular formula is C14H17N3. The SMILES string of the molecule is CCc1cccc(Nc2ccc(N)c(C)n2)c1. The zero-order chi connectivity index (χ0) is 12.3. The summed E-state index contributed by atoms with van der Waals surface area (Å²) < 4.78 is 0. The Labute approximate surface area is 102 Å². The minimum Gasteiger partial charge on any atom is -0.397 e. The van der Waals surface area contributed by atoms with Gasteiger partial charge >= 0.3 is 0 Å². The van der Waals surface area contributed by atoms with Crippen molar-refractivity contribution in [3.8, 4) is 0 Å². The number of rotatable bonds is 3. The van der Waals surface area contributed by atoms with Gasteiger partial charge in [-0.1, -0.05) is 19.1 Å². The van der Waals surface area contributed by atoms with Crippen molar-refractivity contribution in [1.29, 1.82) is 0 Å². The summed E-state index contributed by atoms with van der Waals surface area (Å²) >= 11 is 0. The third kappa shape index (κ3) is 2.75. The minimum atomic E-state index is 0.720. The smallest absolute Gasteiger partial charge is 0.130 e. The number of nitrogens with two attached hydrogens (primary N) is 1. The number of benzene rings is 1. The van der Waals surface area contributed by atoms with E-state index in [1.165, 1.54) is 5.56 Å². The van der Waals surface area contributed by atoms with Gasteiger partial charge in [0.15, 0.2) is 0 Å². The molecule has 0 bridgehead atoms. The lowest BCUT2D eigenvalue weighted by molar-refractivity contribution is 1.14. The summed E-state index contributed by atoms with van der Waals surface area (Å²) in [4.78, 5) is 4.39. The second-order valence-corrected chi connectivity index (χ2v) is 4.05. The molecule has 1 aromatic carbocycles. The van der Waals surface area contributed by atoms with Crippen LogP contribution < -0.4 is 11.1 Å². The number of nitrogens with one attached hydrogen (secondary N) is 1. The highest BCUT2D eigenvalue weighted by Gasteiger charge is 1.99. The lowest BCUT2D eigenvalue weighted by Crippen LogP contribution is -1.98. The lowest BCUT2D eigenvalue weighted by Gasteiger charge is -2.08. The largest absolute Gasteiger partial charge is 0.397 e. The van der Waals surface area contributed by atoms with E-state index in [4.69, 9.17) is 5.73 Å². The fraction of sp³-hybridized carbons (Fsp3) is 0.214. The zero-order valence-electron chi connectivity index (χ0n) is 10.2. The number of nitrogen functional groups attached to an aromatic ring is 1. The predicted octanol–water partition coefficient (Wildman–Crippen LogP) is 3.28. The molecule has 0 radical (unpaired) electrons. The van der Waals surface area contributed by atoms with Crippen LogP contribution >= 0.6 is 0 Å². The molecule has 0 atom stereocenters. The van der Waals surface area contributed by atoms with Crippen molar-refractivity contribution < 1.29 is 0 Å². The lowest BCUT2D eigenvalue weighted by atomic mass is 10.1. The van der Waals surface area contributed by atoms with E-state index in [0.29, 0.717) is 0 Å². The van der Waals surface area contributed by atoms with Crippen LogP contribution in [0, 0.1) is 6.92 Å². The van der Waals surface area contributed by atoms with Gasteiger partial charge in [0.25, 0.3) is 0 Å². The summed E-state index contributed by atoms with van der Waals surface area (Å²) in [6, 6.07) is 12.1. The van der Waals surface area contributed by atoms with Crippen molar-refractivity contribution in [2.75, 3.05) is 11.1 Å². The van der Waals surface area contributed by atoms with Crippen LogP contribution in [0.4, 0.5) is 17.2 Å². The van der Waals surface area contributed by atoms with Gasteiger partial charge in [0.2, 0.25) is 0 Å². The Hall–Kier alpha value is -2.03. The van der Waals surface area contributed by atoms with Crippen LogP contribution in [0.3, 0.4) is 0 Å². The Morgan fingerprint density at radius 2 is 2.06 bits per heavy atom. The van der Waals surface area contributed by atoms with E-state index in [9.17, 15) is 0 Å². The number of aromatic nitrogens is 1. The molecule has 3 nitrogen and oxygen atoms in total. The first-order valence-electron chi connectivity index (χ1n) is 5.78. The molecular weight excluding hydrogens is 210 g/mol. The van der Waals surface area contributed by atoms with Crippen LogP contribution in [0.1, 0.15) is 18.2 Å². The van der Waals surface area contributed by atoms with Gasteiger partial charge in [-0.25, -0.2) is 4.98 Å². The van der Waals surface area contributed by atoms with Gasteiger partial charge in [-0.3, -0.25) is 0 Å². The van der Waals surface area contributed by atoms with Crippen molar-refractivity contribution >= 4 is 17.2 Å². The van der Waals surface area contributed by atoms with Gasteiger partial charge < -0.3 is 11.1 Å². The topological polar surface area (TPSA) is 50.9 Å². The molecule has 2 rings (SSSR count). The quantitative estimate of drug-likeness (QED) is 0.846. The van der Waals surface area contributed by atoms with Crippen LogP contribution in [0.15, 0.2) is 36.4 Å². The fourth-order valence-electron chi connectivity index (χ4n) is 1.66. The second-order valence-electron chi connectivity index (χ2n) is 4.05. The molecule has 2 aromatic rings. The molecule has 3 heteroatoms. The van der Waals surface area contributed by atoms with Crippen molar-refractivity contribution in [3.05, 3.63) is 47.7 Å². The van der Waals surface area contributed by atoms with Crippen molar-refractivity contribution in [2.24, 2.45) is 0 Å². The van der Waals surface area contributed by atoms with Gasteiger partial charge in [0.1, 0.15) is 5.82 Å². The summed E-state index contributed by atoms with van der Waals surface area (Å²) in [6.07, 6.45) is 1.03. The molecule has 0 spiro atoms. The highest BCUT2D eigenvalue weighted by Crippen LogP contribution is 2.18. The van der Waals surface area contributed by atoms with Gasteiger partial charge in [-0.15, -0.1) is 0 Å². The van der Waals surface area contributed by atoms with E-state index in [1.54, 1.807) is 0 Å². The van der Waals surface area contributed by atoms with E-state index in [0.717, 1.165) is 29.3 Å². The number of hydrogen-bond donors (Lipinski definition) is 2. The highest BCUT2D eigenvalue weighted by atomic mass is 15.0. The van der Waals surface area contributed by atoms with Gasteiger partial charge in [0, 0.05) is 5.69 Å². The first kappa shape index (κ1) is 11.5. The van der Waals surface area contributed by atoms with Crippen molar-refractivity contribution in [1.82, 2.24) is 4.98 Å². The zero-order valence-corrected chi connectivity index (χ0v) is 10.2. The first-order chi connectivity index (χ1) is 8.19. The van der Waals surface area contributed by atoms with Gasteiger partial charge in [-0.2, -0.15) is 0 Å². The maximum Gasteiger partial charge on any atom is 0.130 e. The Morgan fingerprint density at radius 1 is 1.24 bits per heavy atom. The van der Waals surface area contributed by atoms with E-state index in [-0.39, 0.29) is 0 Å². The molecule has 17 heavy (non-hydrogen) atoms. The molecule has 0 aliphatic rings. The van der Waals surface area contributed by atoms with E-state index < -0.39 is 0 Å². The minimum absolute atomic E-state index is 0.720. The summed E-state index contributed by atoms with van der Waals surface area (Å²) in [6.45, 7) is 4.05. The number of pyridine rings is 1. The standard InChI is InChI=1S/C14H17N3/c1-3-11-5-4-6-12(9-11)17-14-8-7-13(15)10(2)16-14/h4-9H,3,15H2,1-2H3,(H,16,17). The molecule has 3 N–H and O–H groups in total. The molecule has 0 saturated carbocycles. The molecule has 0 unspecified atom stereocenters. The second kappa shape index (κ2) is 4.87. The average molecular weight is 227 g/mol.